The number of benzene rings is 1. The lowest BCUT2D eigenvalue weighted by Crippen LogP contribution is -2.23. The minimum absolute atomic E-state index is 0.0385. The SMILES string of the molecule is CCN(CC)Cc1cccc(NS(=O)(=O)CC(C)CCl)c1. The number of nitrogens with zero attached hydrogens (tertiary/aromatic N) is 1. The van der Waals surface area contributed by atoms with Gasteiger partial charge < -0.3 is 0 Å². The molecule has 1 aromatic carbocycles. The number of anilines is 1. The summed E-state index contributed by atoms with van der Waals surface area (Å²) in [5.74, 6) is 0.308. The molecule has 1 aromatic rings. The quantitative estimate of drug-likeness (QED) is 0.707. The highest BCUT2D eigenvalue weighted by Gasteiger charge is 2.15. The fourth-order valence-corrected chi connectivity index (χ4v) is 3.75. The largest absolute Gasteiger partial charge is 0.300 e. The maximum atomic E-state index is 12.0. The first-order chi connectivity index (χ1) is 9.90. The van der Waals surface area contributed by atoms with E-state index in [1.54, 1.807) is 6.07 Å². The fraction of sp³-hybridized carbons (Fsp3) is 0.600. The molecule has 0 saturated carbocycles. The van der Waals surface area contributed by atoms with Gasteiger partial charge in [0.1, 0.15) is 0 Å². The summed E-state index contributed by atoms with van der Waals surface area (Å²) in [5.41, 5.74) is 1.71. The summed E-state index contributed by atoms with van der Waals surface area (Å²) >= 11 is 5.68. The molecule has 0 aliphatic heterocycles. The van der Waals surface area contributed by atoms with Crippen molar-refractivity contribution in [3.63, 3.8) is 0 Å². The van der Waals surface area contributed by atoms with Crippen molar-refractivity contribution < 1.29 is 8.42 Å². The number of nitrogens with one attached hydrogen (secondary N) is 1. The van der Waals surface area contributed by atoms with Crippen molar-refractivity contribution in [2.75, 3.05) is 29.4 Å². The molecule has 0 aliphatic rings. The van der Waals surface area contributed by atoms with Crippen molar-refractivity contribution in [3.8, 4) is 0 Å². The molecule has 0 aliphatic carbocycles. The van der Waals surface area contributed by atoms with E-state index in [0.717, 1.165) is 25.2 Å². The number of alkyl halides is 1. The van der Waals surface area contributed by atoms with Crippen LogP contribution in [0.1, 0.15) is 26.3 Å². The van der Waals surface area contributed by atoms with Crippen LogP contribution in [0.25, 0.3) is 0 Å². The van der Waals surface area contributed by atoms with Crippen molar-refractivity contribution in [3.05, 3.63) is 29.8 Å². The molecule has 1 atom stereocenters. The lowest BCUT2D eigenvalue weighted by molar-refractivity contribution is 0.296. The minimum atomic E-state index is -3.35. The number of hydrogen-bond acceptors (Lipinski definition) is 3. The second-order valence-corrected chi connectivity index (χ2v) is 7.38. The van der Waals surface area contributed by atoms with E-state index in [2.05, 4.69) is 23.5 Å². The van der Waals surface area contributed by atoms with Gasteiger partial charge in [-0.3, -0.25) is 9.62 Å². The minimum Gasteiger partial charge on any atom is -0.300 e. The Morgan fingerprint density at radius 2 is 1.95 bits per heavy atom. The smallest absolute Gasteiger partial charge is 0.233 e. The van der Waals surface area contributed by atoms with Gasteiger partial charge >= 0.3 is 0 Å². The standard InChI is InChI=1S/C15H25ClN2O2S/c1-4-18(5-2)11-14-7-6-8-15(9-14)17-21(19,20)12-13(3)10-16/h6-9,13,17H,4-5,10-12H2,1-3H3. The summed E-state index contributed by atoms with van der Waals surface area (Å²) in [5, 5.41) is 0. The molecule has 1 rings (SSSR count). The highest BCUT2D eigenvalue weighted by molar-refractivity contribution is 7.92. The molecular formula is C15H25ClN2O2S. The normalized spacial score (nSPS) is 13.4. The van der Waals surface area contributed by atoms with Gasteiger partial charge in [0.15, 0.2) is 0 Å². The molecule has 0 radical (unpaired) electrons. The Labute approximate surface area is 133 Å². The maximum absolute atomic E-state index is 12.0. The Bertz CT molecular complexity index is 530. The first-order valence-corrected chi connectivity index (χ1v) is 9.46. The second kappa shape index (κ2) is 8.61. The van der Waals surface area contributed by atoms with Crippen LogP contribution in [0, 0.1) is 5.92 Å². The summed E-state index contributed by atoms with van der Waals surface area (Å²) in [4.78, 5) is 2.28. The zero-order valence-electron chi connectivity index (χ0n) is 13.0. The molecule has 0 heterocycles. The van der Waals surface area contributed by atoms with Crippen molar-refractivity contribution in [2.24, 2.45) is 5.92 Å². The van der Waals surface area contributed by atoms with E-state index < -0.39 is 10.0 Å². The van der Waals surface area contributed by atoms with Gasteiger partial charge in [0.2, 0.25) is 10.0 Å². The molecule has 21 heavy (non-hydrogen) atoms. The molecular weight excluding hydrogens is 308 g/mol. The van der Waals surface area contributed by atoms with Gasteiger partial charge in [-0.2, -0.15) is 0 Å². The third-order valence-electron chi connectivity index (χ3n) is 3.27. The Hall–Kier alpha value is -0.780. The third kappa shape index (κ3) is 6.68. The Kier molecular flexibility index (Phi) is 7.49. The van der Waals surface area contributed by atoms with E-state index in [9.17, 15) is 8.42 Å². The maximum Gasteiger partial charge on any atom is 0.233 e. The van der Waals surface area contributed by atoms with Gasteiger partial charge in [-0.25, -0.2) is 8.42 Å². The molecule has 120 valence electrons. The van der Waals surface area contributed by atoms with Crippen LogP contribution >= 0.6 is 11.6 Å². The molecule has 0 saturated heterocycles. The van der Waals surface area contributed by atoms with E-state index in [1.165, 1.54) is 0 Å². The summed E-state index contributed by atoms with van der Waals surface area (Å²) in [6, 6.07) is 7.55. The predicted octanol–water partition coefficient (Wildman–Crippen LogP) is 3.15. The van der Waals surface area contributed by atoms with Gasteiger partial charge in [0.25, 0.3) is 0 Å². The molecule has 0 fully saturated rings. The predicted molar refractivity (Wildman–Crippen MR) is 90.4 cm³/mol. The molecule has 6 heteroatoms. The van der Waals surface area contributed by atoms with E-state index >= 15 is 0 Å². The fourth-order valence-electron chi connectivity index (χ4n) is 2.08. The molecule has 0 spiro atoms. The summed E-state index contributed by atoms with van der Waals surface area (Å²) in [6.45, 7) is 8.82. The van der Waals surface area contributed by atoms with Crippen molar-refractivity contribution in [2.45, 2.75) is 27.3 Å². The number of sulfonamides is 1. The highest BCUT2D eigenvalue weighted by Crippen LogP contribution is 2.15. The van der Waals surface area contributed by atoms with Crippen molar-refractivity contribution in [1.29, 1.82) is 0 Å². The lowest BCUT2D eigenvalue weighted by atomic mass is 10.2. The third-order valence-corrected chi connectivity index (χ3v) is 5.35. The van der Waals surface area contributed by atoms with Gasteiger partial charge in [0, 0.05) is 18.1 Å². The summed E-state index contributed by atoms with van der Waals surface area (Å²) < 4.78 is 26.7. The molecule has 0 amide bonds. The van der Waals surface area contributed by atoms with Crippen LogP contribution in [0.5, 0.6) is 0 Å². The zero-order chi connectivity index (χ0) is 15.9. The average molecular weight is 333 g/mol. The van der Waals surface area contributed by atoms with Gasteiger partial charge in [-0.05, 0) is 36.7 Å². The molecule has 1 unspecified atom stereocenters. The monoisotopic (exact) mass is 332 g/mol. The average Bonchev–Trinajstić information content (AvgIpc) is 2.43. The van der Waals surface area contributed by atoms with Crippen LogP contribution < -0.4 is 4.72 Å². The van der Waals surface area contributed by atoms with Gasteiger partial charge in [0.05, 0.1) is 5.75 Å². The van der Waals surface area contributed by atoms with Crippen molar-refractivity contribution in [1.82, 2.24) is 4.90 Å². The topological polar surface area (TPSA) is 49.4 Å². The Balaban J connectivity index is 2.76. The van der Waals surface area contributed by atoms with E-state index in [4.69, 9.17) is 11.6 Å². The van der Waals surface area contributed by atoms with Gasteiger partial charge in [-0.1, -0.05) is 32.9 Å². The number of halogens is 1. The Morgan fingerprint density at radius 3 is 2.52 bits per heavy atom. The summed E-state index contributed by atoms with van der Waals surface area (Å²) in [7, 11) is -3.35. The van der Waals surface area contributed by atoms with Crippen molar-refractivity contribution >= 4 is 27.3 Å². The number of hydrogen-bond donors (Lipinski definition) is 1. The van der Waals surface area contributed by atoms with Crippen LogP contribution in [-0.2, 0) is 16.6 Å². The van der Waals surface area contributed by atoms with Crippen LogP contribution in [0.3, 0.4) is 0 Å². The van der Waals surface area contributed by atoms with Crippen LogP contribution in [0.4, 0.5) is 5.69 Å². The lowest BCUT2D eigenvalue weighted by Gasteiger charge is -2.18. The van der Waals surface area contributed by atoms with Crippen LogP contribution in [0.2, 0.25) is 0 Å². The highest BCUT2D eigenvalue weighted by atomic mass is 35.5. The molecule has 0 aromatic heterocycles. The van der Waals surface area contributed by atoms with Crippen LogP contribution in [-0.4, -0.2) is 38.0 Å². The van der Waals surface area contributed by atoms with E-state index in [0.29, 0.717) is 11.6 Å². The second-order valence-electron chi connectivity index (χ2n) is 5.30. The first-order valence-electron chi connectivity index (χ1n) is 7.28. The zero-order valence-corrected chi connectivity index (χ0v) is 14.5. The molecule has 1 N–H and O–H groups in total. The molecule has 4 nitrogen and oxygen atoms in total. The van der Waals surface area contributed by atoms with Crippen LogP contribution in [0.15, 0.2) is 24.3 Å². The van der Waals surface area contributed by atoms with Gasteiger partial charge in [-0.15, -0.1) is 11.6 Å². The Morgan fingerprint density at radius 1 is 1.29 bits per heavy atom. The number of rotatable bonds is 9. The molecule has 0 bridgehead atoms. The summed E-state index contributed by atoms with van der Waals surface area (Å²) in [6.07, 6.45) is 0. The van der Waals surface area contributed by atoms with E-state index in [1.807, 2.05) is 25.1 Å². The first kappa shape index (κ1) is 18.3. The van der Waals surface area contributed by atoms with E-state index in [-0.39, 0.29) is 11.7 Å².